The van der Waals surface area contributed by atoms with Crippen LogP contribution in [0.5, 0.6) is 0 Å². The Balaban J connectivity index is 1.84. The predicted molar refractivity (Wildman–Crippen MR) is 75.1 cm³/mol. The highest BCUT2D eigenvalue weighted by molar-refractivity contribution is 5.10. The van der Waals surface area contributed by atoms with E-state index in [1.165, 1.54) is 38.5 Å². The molecule has 98 valence electrons. The van der Waals surface area contributed by atoms with Crippen LogP contribution in [0.3, 0.4) is 0 Å². The SMILES string of the molecule is CC1CCC(/C=C(/CNC2CC2)C(C)C)CC1. The van der Waals surface area contributed by atoms with Crippen LogP contribution in [0.25, 0.3) is 0 Å². The van der Waals surface area contributed by atoms with Crippen LogP contribution in [0.4, 0.5) is 0 Å². The molecule has 0 bridgehead atoms. The fourth-order valence-corrected chi connectivity index (χ4v) is 2.76. The Morgan fingerprint density at radius 2 is 1.76 bits per heavy atom. The Morgan fingerprint density at radius 3 is 2.29 bits per heavy atom. The Morgan fingerprint density at radius 1 is 1.12 bits per heavy atom. The number of nitrogens with one attached hydrogen (secondary N) is 1. The van der Waals surface area contributed by atoms with Gasteiger partial charge in [0.15, 0.2) is 0 Å². The van der Waals surface area contributed by atoms with Crippen molar-refractivity contribution in [2.24, 2.45) is 17.8 Å². The van der Waals surface area contributed by atoms with Crippen molar-refractivity contribution in [3.8, 4) is 0 Å². The average molecular weight is 235 g/mol. The van der Waals surface area contributed by atoms with E-state index in [-0.39, 0.29) is 0 Å². The summed E-state index contributed by atoms with van der Waals surface area (Å²) in [6.07, 6.45) is 11.1. The van der Waals surface area contributed by atoms with Gasteiger partial charge in [0.05, 0.1) is 0 Å². The maximum Gasteiger partial charge on any atom is 0.0169 e. The second kappa shape index (κ2) is 6.04. The summed E-state index contributed by atoms with van der Waals surface area (Å²) in [6, 6.07) is 0.837. The number of hydrogen-bond acceptors (Lipinski definition) is 1. The minimum Gasteiger partial charge on any atom is -0.310 e. The summed E-state index contributed by atoms with van der Waals surface area (Å²) < 4.78 is 0. The van der Waals surface area contributed by atoms with E-state index in [0.717, 1.165) is 24.4 Å². The highest BCUT2D eigenvalue weighted by Crippen LogP contribution is 2.30. The minimum absolute atomic E-state index is 0.709. The second-order valence-corrected chi connectivity index (χ2v) is 6.57. The van der Waals surface area contributed by atoms with Crippen LogP contribution in [0.15, 0.2) is 11.6 Å². The number of allylic oxidation sites excluding steroid dienone is 1. The Bertz CT molecular complexity index is 255. The molecule has 0 atom stereocenters. The van der Waals surface area contributed by atoms with Gasteiger partial charge in [-0.2, -0.15) is 0 Å². The van der Waals surface area contributed by atoms with Crippen LogP contribution in [0, 0.1) is 17.8 Å². The topological polar surface area (TPSA) is 12.0 Å². The summed E-state index contributed by atoms with van der Waals surface area (Å²) in [7, 11) is 0. The number of rotatable bonds is 5. The van der Waals surface area contributed by atoms with Crippen LogP contribution in [0.2, 0.25) is 0 Å². The standard InChI is InChI=1S/C16H29N/c1-12(2)15(11-17-16-8-9-16)10-14-6-4-13(3)5-7-14/h10,12-14,16-17H,4-9,11H2,1-3H3/b15-10-. The molecule has 0 saturated heterocycles. The predicted octanol–water partition coefficient (Wildman–Crippen LogP) is 4.15. The minimum atomic E-state index is 0.709. The van der Waals surface area contributed by atoms with Crippen LogP contribution >= 0.6 is 0 Å². The molecule has 2 saturated carbocycles. The van der Waals surface area contributed by atoms with E-state index in [0.29, 0.717) is 5.92 Å². The molecule has 2 aliphatic carbocycles. The van der Waals surface area contributed by atoms with Crippen LogP contribution in [-0.4, -0.2) is 12.6 Å². The molecule has 0 amide bonds. The summed E-state index contributed by atoms with van der Waals surface area (Å²) in [4.78, 5) is 0. The zero-order chi connectivity index (χ0) is 12.3. The molecule has 1 heteroatoms. The fraction of sp³-hybridized carbons (Fsp3) is 0.875. The van der Waals surface area contributed by atoms with Crippen LogP contribution in [0.1, 0.15) is 59.3 Å². The molecule has 0 aromatic carbocycles. The lowest BCUT2D eigenvalue weighted by atomic mass is 9.81. The molecule has 0 aliphatic heterocycles. The summed E-state index contributed by atoms with van der Waals surface area (Å²) in [5.74, 6) is 2.54. The molecular weight excluding hydrogens is 206 g/mol. The first kappa shape index (κ1) is 13.1. The van der Waals surface area contributed by atoms with Crippen molar-refractivity contribution in [1.82, 2.24) is 5.32 Å². The summed E-state index contributed by atoms with van der Waals surface area (Å²) in [5, 5.41) is 3.67. The Labute approximate surface area is 107 Å². The van der Waals surface area contributed by atoms with Gasteiger partial charge in [0.25, 0.3) is 0 Å². The molecule has 0 aromatic rings. The Kier molecular flexibility index (Phi) is 4.67. The first-order valence-electron chi connectivity index (χ1n) is 7.59. The highest BCUT2D eigenvalue weighted by atomic mass is 14.9. The van der Waals surface area contributed by atoms with Gasteiger partial charge in [-0.05, 0) is 43.4 Å². The molecule has 0 unspecified atom stereocenters. The Hall–Kier alpha value is -0.300. The van der Waals surface area contributed by atoms with Crippen molar-refractivity contribution in [2.45, 2.75) is 65.3 Å². The van der Waals surface area contributed by atoms with E-state index in [1.807, 2.05) is 0 Å². The first-order valence-corrected chi connectivity index (χ1v) is 7.59. The van der Waals surface area contributed by atoms with Gasteiger partial charge in [0, 0.05) is 12.6 Å². The third-order valence-electron chi connectivity index (χ3n) is 4.42. The van der Waals surface area contributed by atoms with Crippen molar-refractivity contribution in [3.63, 3.8) is 0 Å². The van der Waals surface area contributed by atoms with Crippen molar-refractivity contribution in [2.75, 3.05) is 6.54 Å². The van der Waals surface area contributed by atoms with Gasteiger partial charge in [-0.25, -0.2) is 0 Å². The van der Waals surface area contributed by atoms with E-state index in [9.17, 15) is 0 Å². The second-order valence-electron chi connectivity index (χ2n) is 6.57. The van der Waals surface area contributed by atoms with E-state index in [1.54, 1.807) is 5.57 Å². The van der Waals surface area contributed by atoms with Crippen molar-refractivity contribution in [1.29, 1.82) is 0 Å². The van der Waals surface area contributed by atoms with Gasteiger partial charge >= 0.3 is 0 Å². The van der Waals surface area contributed by atoms with Gasteiger partial charge in [-0.1, -0.05) is 45.3 Å². The van der Waals surface area contributed by atoms with Crippen LogP contribution < -0.4 is 5.32 Å². The molecule has 0 radical (unpaired) electrons. The van der Waals surface area contributed by atoms with Gasteiger partial charge in [0.1, 0.15) is 0 Å². The van der Waals surface area contributed by atoms with E-state index >= 15 is 0 Å². The zero-order valence-electron chi connectivity index (χ0n) is 11.8. The molecular formula is C16H29N. The molecule has 0 spiro atoms. The van der Waals surface area contributed by atoms with Gasteiger partial charge < -0.3 is 5.32 Å². The maximum atomic E-state index is 3.67. The van der Waals surface area contributed by atoms with Gasteiger partial charge in [-0.3, -0.25) is 0 Å². The summed E-state index contributed by atoms with van der Waals surface area (Å²) in [6.45, 7) is 8.21. The molecule has 0 heterocycles. The summed E-state index contributed by atoms with van der Waals surface area (Å²) >= 11 is 0. The molecule has 1 nitrogen and oxygen atoms in total. The monoisotopic (exact) mass is 235 g/mol. The highest BCUT2D eigenvalue weighted by Gasteiger charge is 2.22. The smallest absolute Gasteiger partial charge is 0.0169 e. The molecule has 2 aliphatic rings. The van der Waals surface area contributed by atoms with Crippen LogP contribution in [-0.2, 0) is 0 Å². The molecule has 1 N–H and O–H groups in total. The molecule has 17 heavy (non-hydrogen) atoms. The third-order valence-corrected chi connectivity index (χ3v) is 4.42. The number of hydrogen-bond donors (Lipinski definition) is 1. The zero-order valence-corrected chi connectivity index (χ0v) is 11.8. The van der Waals surface area contributed by atoms with E-state index in [4.69, 9.17) is 0 Å². The van der Waals surface area contributed by atoms with E-state index < -0.39 is 0 Å². The van der Waals surface area contributed by atoms with Crippen molar-refractivity contribution in [3.05, 3.63) is 11.6 Å². The van der Waals surface area contributed by atoms with Gasteiger partial charge in [0.2, 0.25) is 0 Å². The van der Waals surface area contributed by atoms with Gasteiger partial charge in [-0.15, -0.1) is 0 Å². The lowest BCUT2D eigenvalue weighted by molar-refractivity contribution is 0.328. The molecule has 0 aromatic heterocycles. The molecule has 2 rings (SSSR count). The average Bonchev–Trinajstić information content (AvgIpc) is 3.10. The third kappa shape index (κ3) is 4.46. The van der Waals surface area contributed by atoms with Crippen molar-refractivity contribution < 1.29 is 0 Å². The maximum absolute atomic E-state index is 3.67. The van der Waals surface area contributed by atoms with E-state index in [2.05, 4.69) is 32.2 Å². The lowest BCUT2D eigenvalue weighted by Crippen LogP contribution is -2.22. The lowest BCUT2D eigenvalue weighted by Gasteiger charge is -2.25. The van der Waals surface area contributed by atoms with Crippen molar-refractivity contribution >= 4 is 0 Å². The summed E-state index contributed by atoms with van der Waals surface area (Å²) in [5.41, 5.74) is 1.65. The first-order chi connectivity index (χ1) is 8.15. The fourth-order valence-electron chi connectivity index (χ4n) is 2.76. The molecule has 2 fully saturated rings. The largest absolute Gasteiger partial charge is 0.310 e. The quantitative estimate of drug-likeness (QED) is 0.706. The normalized spacial score (nSPS) is 30.9.